The van der Waals surface area contributed by atoms with Crippen molar-refractivity contribution in [1.29, 1.82) is 0 Å². The van der Waals surface area contributed by atoms with Crippen molar-refractivity contribution in [2.24, 2.45) is 0 Å². The lowest BCUT2D eigenvalue weighted by atomic mass is 9.95. The van der Waals surface area contributed by atoms with Crippen LogP contribution in [0.1, 0.15) is 34.0 Å². The third kappa shape index (κ3) is 2.36. The maximum absolute atomic E-state index is 11.5. The van der Waals surface area contributed by atoms with E-state index in [1.807, 2.05) is 0 Å². The Balaban J connectivity index is 2.31. The van der Waals surface area contributed by atoms with E-state index in [0.717, 1.165) is 5.56 Å². The number of rotatable bonds is 4. The summed E-state index contributed by atoms with van der Waals surface area (Å²) in [4.78, 5) is 11.5. The van der Waals surface area contributed by atoms with Gasteiger partial charge in [0.05, 0.1) is 6.10 Å². The molecule has 0 fully saturated rings. The van der Waals surface area contributed by atoms with Crippen LogP contribution in [0.4, 0.5) is 0 Å². The number of benzene rings is 1. The van der Waals surface area contributed by atoms with Crippen molar-refractivity contribution in [3.8, 4) is 0 Å². The molecule has 1 amide bonds. The highest BCUT2D eigenvalue weighted by molar-refractivity contribution is 9.09. The standard InChI is InChI=1S/C12H14BrNO3/c13-5-4-10(15)11(16)7-2-1-3-8-9(7)6-14-12(8)17/h1-3,10-11,15-16H,4-6H2,(H,14,17). The van der Waals surface area contributed by atoms with Gasteiger partial charge in [-0.1, -0.05) is 28.1 Å². The smallest absolute Gasteiger partial charge is 0.251 e. The summed E-state index contributed by atoms with van der Waals surface area (Å²) in [6, 6.07) is 5.20. The fourth-order valence-corrected chi connectivity index (χ4v) is 2.50. The van der Waals surface area contributed by atoms with Crippen LogP contribution in [0.3, 0.4) is 0 Å². The number of amides is 1. The molecule has 2 unspecified atom stereocenters. The average Bonchev–Trinajstić information content (AvgIpc) is 2.71. The molecule has 0 saturated heterocycles. The van der Waals surface area contributed by atoms with Crippen LogP contribution in [0, 0.1) is 0 Å². The molecule has 0 saturated carbocycles. The van der Waals surface area contributed by atoms with Crippen molar-refractivity contribution < 1.29 is 15.0 Å². The molecule has 0 spiro atoms. The van der Waals surface area contributed by atoms with E-state index in [1.54, 1.807) is 18.2 Å². The van der Waals surface area contributed by atoms with E-state index in [0.29, 0.717) is 29.4 Å². The summed E-state index contributed by atoms with van der Waals surface area (Å²) < 4.78 is 0. The number of fused-ring (bicyclic) bond motifs is 1. The summed E-state index contributed by atoms with van der Waals surface area (Å²) in [7, 11) is 0. The Morgan fingerprint density at radius 3 is 2.88 bits per heavy atom. The molecule has 1 heterocycles. The number of carbonyl (C=O) groups is 1. The second kappa shape index (κ2) is 5.16. The Morgan fingerprint density at radius 2 is 2.18 bits per heavy atom. The highest BCUT2D eigenvalue weighted by Gasteiger charge is 2.27. The van der Waals surface area contributed by atoms with E-state index in [9.17, 15) is 15.0 Å². The maximum Gasteiger partial charge on any atom is 0.251 e. The Kier molecular flexibility index (Phi) is 3.81. The summed E-state index contributed by atoms with van der Waals surface area (Å²) in [5.74, 6) is -0.121. The topological polar surface area (TPSA) is 69.6 Å². The van der Waals surface area contributed by atoms with Crippen LogP contribution in [0.5, 0.6) is 0 Å². The lowest BCUT2D eigenvalue weighted by Crippen LogP contribution is -2.20. The van der Waals surface area contributed by atoms with Crippen molar-refractivity contribution in [2.75, 3.05) is 5.33 Å². The van der Waals surface area contributed by atoms with Crippen LogP contribution in [0.25, 0.3) is 0 Å². The third-order valence-electron chi connectivity index (χ3n) is 2.97. The van der Waals surface area contributed by atoms with Crippen LogP contribution in [-0.2, 0) is 6.54 Å². The largest absolute Gasteiger partial charge is 0.390 e. The van der Waals surface area contributed by atoms with Crippen molar-refractivity contribution in [3.05, 3.63) is 34.9 Å². The molecular weight excluding hydrogens is 286 g/mol. The lowest BCUT2D eigenvalue weighted by molar-refractivity contribution is 0.0168. The summed E-state index contributed by atoms with van der Waals surface area (Å²) in [6.45, 7) is 0.419. The van der Waals surface area contributed by atoms with Gasteiger partial charge >= 0.3 is 0 Å². The Hall–Kier alpha value is -0.910. The predicted octanol–water partition coefficient (Wildman–Crippen LogP) is 1.11. The molecule has 0 radical (unpaired) electrons. The number of aliphatic hydroxyl groups excluding tert-OH is 2. The van der Waals surface area contributed by atoms with E-state index in [1.165, 1.54) is 0 Å². The minimum atomic E-state index is -0.949. The average molecular weight is 300 g/mol. The van der Waals surface area contributed by atoms with Gasteiger partial charge in [-0.15, -0.1) is 0 Å². The van der Waals surface area contributed by atoms with Crippen molar-refractivity contribution in [2.45, 2.75) is 25.2 Å². The number of alkyl halides is 1. The van der Waals surface area contributed by atoms with Gasteiger partial charge in [-0.05, 0) is 23.6 Å². The van der Waals surface area contributed by atoms with Gasteiger partial charge in [-0.2, -0.15) is 0 Å². The summed E-state index contributed by atoms with van der Waals surface area (Å²) in [6.07, 6.45) is -1.31. The lowest BCUT2D eigenvalue weighted by Gasteiger charge is -2.19. The molecule has 2 atom stereocenters. The molecule has 1 aliphatic heterocycles. The number of hydrogen-bond donors (Lipinski definition) is 3. The van der Waals surface area contributed by atoms with E-state index >= 15 is 0 Å². The Bertz CT molecular complexity index is 436. The van der Waals surface area contributed by atoms with Gasteiger partial charge in [-0.3, -0.25) is 4.79 Å². The molecular formula is C12H14BrNO3. The SMILES string of the molecule is O=C1NCc2c1cccc2C(O)C(O)CCBr. The molecule has 0 aromatic heterocycles. The predicted molar refractivity (Wildman–Crippen MR) is 67.0 cm³/mol. The monoisotopic (exact) mass is 299 g/mol. The third-order valence-corrected chi connectivity index (χ3v) is 3.43. The van der Waals surface area contributed by atoms with Crippen molar-refractivity contribution in [1.82, 2.24) is 5.32 Å². The summed E-state index contributed by atoms with van der Waals surface area (Å²) in [5, 5.41) is 23.2. The van der Waals surface area contributed by atoms with E-state index in [-0.39, 0.29) is 5.91 Å². The number of halogens is 1. The van der Waals surface area contributed by atoms with Gasteiger partial charge in [0.25, 0.3) is 5.91 Å². The number of hydrogen-bond acceptors (Lipinski definition) is 3. The summed E-state index contributed by atoms with van der Waals surface area (Å²) in [5.41, 5.74) is 2.01. The summed E-state index contributed by atoms with van der Waals surface area (Å²) >= 11 is 3.23. The van der Waals surface area contributed by atoms with Gasteiger partial charge in [-0.25, -0.2) is 0 Å². The van der Waals surface area contributed by atoms with Gasteiger partial charge < -0.3 is 15.5 Å². The van der Waals surface area contributed by atoms with Crippen LogP contribution in [0.15, 0.2) is 18.2 Å². The molecule has 0 bridgehead atoms. The zero-order chi connectivity index (χ0) is 12.4. The molecule has 2 rings (SSSR count). The van der Waals surface area contributed by atoms with Gasteiger partial charge in [0, 0.05) is 17.4 Å². The number of aliphatic hydroxyl groups is 2. The minimum absolute atomic E-state index is 0.121. The first-order chi connectivity index (χ1) is 8.15. The van der Waals surface area contributed by atoms with E-state index in [2.05, 4.69) is 21.2 Å². The van der Waals surface area contributed by atoms with E-state index < -0.39 is 12.2 Å². The highest BCUT2D eigenvalue weighted by atomic mass is 79.9. The molecule has 4 nitrogen and oxygen atoms in total. The van der Waals surface area contributed by atoms with Gasteiger partial charge in [0.15, 0.2) is 0 Å². The van der Waals surface area contributed by atoms with E-state index in [4.69, 9.17) is 0 Å². The van der Waals surface area contributed by atoms with Crippen LogP contribution < -0.4 is 5.32 Å². The van der Waals surface area contributed by atoms with Crippen LogP contribution >= 0.6 is 15.9 Å². The zero-order valence-corrected chi connectivity index (χ0v) is 10.8. The first-order valence-corrected chi connectivity index (χ1v) is 6.59. The highest BCUT2D eigenvalue weighted by Crippen LogP contribution is 2.28. The van der Waals surface area contributed by atoms with Gasteiger partial charge in [0.2, 0.25) is 0 Å². The molecule has 3 N–H and O–H groups in total. The molecule has 5 heteroatoms. The quantitative estimate of drug-likeness (QED) is 0.730. The first kappa shape index (κ1) is 12.5. The molecule has 1 aromatic carbocycles. The van der Waals surface area contributed by atoms with Gasteiger partial charge in [0.1, 0.15) is 6.10 Å². The Morgan fingerprint density at radius 1 is 1.41 bits per heavy atom. The van der Waals surface area contributed by atoms with Crippen molar-refractivity contribution >= 4 is 21.8 Å². The second-order valence-corrected chi connectivity index (χ2v) is 4.84. The second-order valence-electron chi connectivity index (χ2n) is 4.05. The fraction of sp³-hybridized carbons (Fsp3) is 0.417. The molecule has 1 aromatic rings. The molecule has 92 valence electrons. The zero-order valence-electron chi connectivity index (χ0n) is 9.19. The van der Waals surface area contributed by atoms with Crippen molar-refractivity contribution in [3.63, 3.8) is 0 Å². The molecule has 17 heavy (non-hydrogen) atoms. The molecule has 1 aliphatic rings. The maximum atomic E-state index is 11.5. The molecule has 0 aliphatic carbocycles. The number of carbonyl (C=O) groups excluding carboxylic acids is 1. The van der Waals surface area contributed by atoms with Crippen LogP contribution in [-0.4, -0.2) is 27.6 Å². The fourth-order valence-electron chi connectivity index (χ4n) is 2.03. The Labute approximate surface area is 108 Å². The number of nitrogens with one attached hydrogen (secondary N) is 1. The first-order valence-electron chi connectivity index (χ1n) is 5.47. The normalized spacial score (nSPS) is 17.5. The van der Waals surface area contributed by atoms with Crippen LogP contribution in [0.2, 0.25) is 0 Å². The minimum Gasteiger partial charge on any atom is -0.390 e.